The molecule has 0 unspecified atom stereocenters. The van der Waals surface area contributed by atoms with Crippen LogP contribution in [0.2, 0.25) is 0 Å². The summed E-state index contributed by atoms with van der Waals surface area (Å²) in [7, 11) is 0. The number of nitrogens with one attached hydrogen (secondary N) is 1. The van der Waals surface area contributed by atoms with Crippen LogP contribution >= 0.6 is 0 Å². The SMILES string of the molecule is O=C(Nn1cnc2ccccc21)c1cc([N+](=O)[O-])ccc1N1CCCCC1. The van der Waals surface area contributed by atoms with E-state index >= 15 is 0 Å². The Morgan fingerprint density at radius 2 is 1.89 bits per heavy atom. The van der Waals surface area contributed by atoms with Crippen LogP contribution in [0.4, 0.5) is 11.4 Å². The lowest BCUT2D eigenvalue weighted by Crippen LogP contribution is -2.32. The van der Waals surface area contributed by atoms with Gasteiger partial charge in [-0.15, -0.1) is 0 Å². The molecule has 1 saturated heterocycles. The first-order chi connectivity index (χ1) is 13.1. The first-order valence-corrected chi connectivity index (χ1v) is 8.90. The Labute approximate surface area is 155 Å². The maximum Gasteiger partial charge on any atom is 0.272 e. The lowest BCUT2D eigenvalue weighted by atomic mass is 10.1. The zero-order valence-electron chi connectivity index (χ0n) is 14.7. The van der Waals surface area contributed by atoms with Crippen LogP contribution in [0, 0.1) is 10.1 Å². The van der Waals surface area contributed by atoms with Gasteiger partial charge in [-0.25, -0.2) is 9.66 Å². The number of aromatic nitrogens is 2. The van der Waals surface area contributed by atoms with Gasteiger partial charge in [0.2, 0.25) is 0 Å². The number of carbonyl (C=O) groups is 1. The second-order valence-electron chi connectivity index (χ2n) is 6.55. The third-order valence-corrected chi connectivity index (χ3v) is 4.81. The highest BCUT2D eigenvalue weighted by molar-refractivity contribution is 6.05. The van der Waals surface area contributed by atoms with Gasteiger partial charge in [0.25, 0.3) is 11.6 Å². The first kappa shape index (κ1) is 17.0. The van der Waals surface area contributed by atoms with Crippen LogP contribution < -0.4 is 10.3 Å². The minimum Gasteiger partial charge on any atom is -0.371 e. The van der Waals surface area contributed by atoms with Crippen LogP contribution in [0.15, 0.2) is 48.8 Å². The molecule has 1 aliphatic rings. The van der Waals surface area contributed by atoms with Crippen molar-refractivity contribution in [3.05, 3.63) is 64.5 Å². The van der Waals surface area contributed by atoms with Crippen molar-refractivity contribution >= 4 is 28.3 Å². The molecule has 0 atom stereocenters. The van der Waals surface area contributed by atoms with E-state index in [1.54, 1.807) is 6.07 Å². The fourth-order valence-corrected chi connectivity index (χ4v) is 3.45. The number of imidazole rings is 1. The van der Waals surface area contributed by atoms with E-state index in [1.165, 1.54) is 23.1 Å². The van der Waals surface area contributed by atoms with Gasteiger partial charge in [-0.2, -0.15) is 0 Å². The van der Waals surface area contributed by atoms with Crippen molar-refractivity contribution in [2.45, 2.75) is 19.3 Å². The van der Waals surface area contributed by atoms with Crippen LogP contribution in [0.5, 0.6) is 0 Å². The molecular formula is C19H19N5O3. The molecule has 0 saturated carbocycles. The fraction of sp³-hybridized carbons (Fsp3) is 0.263. The van der Waals surface area contributed by atoms with Crippen molar-refractivity contribution in [2.75, 3.05) is 23.4 Å². The van der Waals surface area contributed by atoms with Gasteiger partial charge in [0.1, 0.15) is 6.33 Å². The lowest BCUT2D eigenvalue weighted by molar-refractivity contribution is -0.384. The van der Waals surface area contributed by atoms with E-state index in [0.29, 0.717) is 5.56 Å². The molecule has 3 aromatic rings. The number of nitro benzene ring substituents is 1. The smallest absolute Gasteiger partial charge is 0.272 e. The summed E-state index contributed by atoms with van der Waals surface area (Å²) in [4.78, 5) is 30.1. The summed E-state index contributed by atoms with van der Waals surface area (Å²) < 4.78 is 1.54. The van der Waals surface area contributed by atoms with Gasteiger partial charge in [-0.3, -0.25) is 20.3 Å². The fourth-order valence-electron chi connectivity index (χ4n) is 3.45. The maximum absolute atomic E-state index is 13.0. The van der Waals surface area contributed by atoms with E-state index in [-0.39, 0.29) is 5.69 Å². The predicted molar refractivity (Wildman–Crippen MR) is 103 cm³/mol. The molecular weight excluding hydrogens is 346 g/mol. The van der Waals surface area contributed by atoms with E-state index < -0.39 is 10.8 Å². The summed E-state index contributed by atoms with van der Waals surface area (Å²) in [6, 6.07) is 11.9. The van der Waals surface area contributed by atoms with Crippen LogP contribution in [-0.2, 0) is 0 Å². The Bertz CT molecular complexity index is 1010. The monoisotopic (exact) mass is 365 g/mol. The van der Waals surface area contributed by atoms with Crippen molar-refractivity contribution in [1.82, 2.24) is 9.66 Å². The number of hydrogen-bond donors (Lipinski definition) is 1. The quantitative estimate of drug-likeness (QED) is 0.565. The second kappa shape index (κ2) is 7.06. The van der Waals surface area contributed by atoms with E-state index in [1.807, 2.05) is 24.3 Å². The molecule has 4 rings (SSSR count). The second-order valence-corrected chi connectivity index (χ2v) is 6.55. The van der Waals surface area contributed by atoms with E-state index in [0.717, 1.165) is 49.1 Å². The molecule has 1 fully saturated rings. The van der Waals surface area contributed by atoms with Crippen molar-refractivity contribution in [3.8, 4) is 0 Å². The van der Waals surface area contributed by atoms with Crippen molar-refractivity contribution < 1.29 is 9.72 Å². The van der Waals surface area contributed by atoms with Gasteiger partial charge in [0, 0.05) is 25.2 Å². The van der Waals surface area contributed by atoms with Crippen LogP contribution in [-0.4, -0.2) is 33.6 Å². The average molecular weight is 365 g/mol. The molecule has 1 amide bonds. The molecule has 27 heavy (non-hydrogen) atoms. The number of nitrogens with zero attached hydrogens (tertiary/aromatic N) is 4. The Balaban J connectivity index is 1.70. The van der Waals surface area contributed by atoms with Gasteiger partial charge >= 0.3 is 0 Å². The minimum atomic E-state index is -0.483. The molecule has 0 aliphatic carbocycles. The molecule has 0 bridgehead atoms. The number of para-hydroxylation sites is 2. The first-order valence-electron chi connectivity index (χ1n) is 8.90. The highest BCUT2D eigenvalue weighted by Crippen LogP contribution is 2.28. The highest BCUT2D eigenvalue weighted by atomic mass is 16.6. The number of fused-ring (bicyclic) bond motifs is 1. The summed E-state index contributed by atoms with van der Waals surface area (Å²) in [5, 5.41) is 11.2. The summed E-state index contributed by atoms with van der Waals surface area (Å²) in [5.41, 5.74) is 5.23. The van der Waals surface area contributed by atoms with Crippen molar-refractivity contribution in [2.24, 2.45) is 0 Å². The minimum absolute atomic E-state index is 0.101. The Morgan fingerprint density at radius 1 is 1.11 bits per heavy atom. The standard InChI is InChI=1S/C19H19N5O3/c25-19(21-23-13-20-16-6-2-3-7-18(16)23)15-12-14(24(26)27)8-9-17(15)22-10-4-1-5-11-22/h2-3,6-9,12-13H,1,4-5,10-11H2,(H,21,25). The molecule has 0 radical (unpaired) electrons. The largest absolute Gasteiger partial charge is 0.371 e. The van der Waals surface area contributed by atoms with Crippen LogP contribution in [0.25, 0.3) is 11.0 Å². The zero-order chi connectivity index (χ0) is 18.8. The van der Waals surface area contributed by atoms with Gasteiger partial charge in [-0.05, 0) is 37.5 Å². The van der Waals surface area contributed by atoms with Crippen LogP contribution in [0.1, 0.15) is 29.6 Å². The van der Waals surface area contributed by atoms with Crippen molar-refractivity contribution in [1.29, 1.82) is 0 Å². The number of nitro groups is 1. The van der Waals surface area contributed by atoms with Gasteiger partial charge < -0.3 is 4.90 Å². The molecule has 1 aromatic heterocycles. The van der Waals surface area contributed by atoms with E-state index in [2.05, 4.69) is 15.3 Å². The highest BCUT2D eigenvalue weighted by Gasteiger charge is 2.22. The number of anilines is 1. The molecule has 8 heteroatoms. The van der Waals surface area contributed by atoms with Crippen molar-refractivity contribution in [3.63, 3.8) is 0 Å². The lowest BCUT2D eigenvalue weighted by Gasteiger charge is -2.30. The number of rotatable bonds is 4. The van der Waals surface area contributed by atoms with E-state index in [9.17, 15) is 14.9 Å². The van der Waals surface area contributed by atoms with Gasteiger partial charge in [0.05, 0.1) is 27.2 Å². The average Bonchev–Trinajstić information content (AvgIpc) is 3.11. The number of piperidine rings is 1. The summed E-state index contributed by atoms with van der Waals surface area (Å²) in [5.74, 6) is -0.401. The Hall–Kier alpha value is -3.42. The Morgan fingerprint density at radius 3 is 2.67 bits per heavy atom. The third kappa shape index (κ3) is 3.33. The zero-order valence-corrected chi connectivity index (χ0v) is 14.7. The summed E-state index contributed by atoms with van der Waals surface area (Å²) >= 11 is 0. The summed E-state index contributed by atoms with van der Waals surface area (Å²) in [6.07, 6.45) is 4.78. The molecule has 138 valence electrons. The number of carbonyl (C=O) groups excluding carboxylic acids is 1. The van der Waals surface area contributed by atoms with Gasteiger partial charge in [0.15, 0.2) is 0 Å². The maximum atomic E-state index is 13.0. The molecule has 0 spiro atoms. The summed E-state index contributed by atoms with van der Waals surface area (Å²) in [6.45, 7) is 1.68. The third-order valence-electron chi connectivity index (χ3n) is 4.81. The van der Waals surface area contributed by atoms with Gasteiger partial charge in [-0.1, -0.05) is 12.1 Å². The number of non-ortho nitro benzene ring substituents is 1. The molecule has 1 N–H and O–H groups in total. The Kier molecular flexibility index (Phi) is 4.45. The van der Waals surface area contributed by atoms with E-state index in [4.69, 9.17) is 0 Å². The molecule has 2 heterocycles. The number of hydrogen-bond acceptors (Lipinski definition) is 5. The molecule has 1 aliphatic heterocycles. The predicted octanol–water partition coefficient (Wildman–Crippen LogP) is 3.32. The molecule has 2 aromatic carbocycles. The number of amides is 1. The van der Waals surface area contributed by atoms with Crippen LogP contribution in [0.3, 0.4) is 0 Å². The number of benzene rings is 2. The topological polar surface area (TPSA) is 93.3 Å². The normalized spacial score (nSPS) is 14.3. The molecule has 8 nitrogen and oxygen atoms in total.